The Balaban J connectivity index is 1.74. The summed E-state index contributed by atoms with van der Waals surface area (Å²) in [4.78, 5) is 14.8. The van der Waals surface area contributed by atoms with Gasteiger partial charge in [-0.3, -0.25) is 4.79 Å². The van der Waals surface area contributed by atoms with Gasteiger partial charge in [-0.25, -0.2) is 13.8 Å². The number of aliphatic carboxylic acids is 1. The first-order valence-electron chi connectivity index (χ1n) is 8.78. The van der Waals surface area contributed by atoms with Crippen LogP contribution in [0.1, 0.15) is 44.1 Å². The Kier molecular flexibility index (Phi) is 5.49. The summed E-state index contributed by atoms with van der Waals surface area (Å²) in [7, 11) is 0. The summed E-state index contributed by atoms with van der Waals surface area (Å²) in [5, 5.41) is 8.59. The second-order valence-electron chi connectivity index (χ2n) is 6.56. The lowest BCUT2D eigenvalue weighted by Gasteiger charge is -2.26. The van der Waals surface area contributed by atoms with E-state index in [1.165, 1.54) is 12.1 Å². The topological polar surface area (TPSA) is 59.4 Å². The number of hydrogen-bond acceptors (Lipinski definition) is 3. The van der Waals surface area contributed by atoms with Crippen molar-refractivity contribution in [3.05, 3.63) is 48.2 Å². The number of alkyl halides is 2. The van der Waals surface area contributed by atoms with E-state index < -0.39 is 18.3 Å². The quantitative estimate of drug-likeness (QED) is 0.717. The lowest BCUT2D eigenvalue weighted by molar-refractivity contribution is -0.137. The molecule has 0 saturated heterocycles. The largest absolute Gasteiger partial charge is 0.481 e. The average molecular weight is 361 g/mol. The Morgan fingerprint density at radius 1 is 1.23 bits per heavy atom. The molecule has 0 aliphatic heterocycles. The fraction of sp³-hybridized carbons (Fsp3) is 0.400. The monoisotopic (exact) mass is 361 g/mol. The summed E-state index contributed by atoms with van der Waals surface area (Å²) >= 11 is 0. The van der Waals surface area contributed by atoms with E-state index in [-0.39, 0.29) is 24.5 Å². The van der Waals surface area contributed by atoms with Gasteiger partial charge in [-0.15, -0.1) is 0 Å². The molecule has 1 aromatic carbocycles. The third kappa shape index (κ3) is 4.36. The highest BCUT2D eigenvalue weighted by Crippen LogP contribution is 2.36. The standard InChI is InChI=1S/C20H21F2NO3/c21-20(22,12-2-7-18(24)25)15-10-8-14(9-11-15)17-6-3-13-23-19(17)26-16-4-1-5-16/h3,6,8-11,13,16H,1-2,4-5,7,12H2,(H,24,25). The SMILES string of the molecule is O=C(O)CCCC(F)(F)c1ccc(-c2cccnc2OC2CCC2)cc1. The van der Waals surface area contributed by atoms with Crippen molar-refractivity contribution in [1.82, 2.24) is 4.98 Å². The molecule has 3 rings (SSSR count). The lowest BCUT2D eigenvalue weighted by Crippen LogP contribution is -2.25. The van der Waals surface area contributed by atoms with E-state index in [0.717, 1.165) is 30.4 Å². The molecule has 6 heteroatoms. The molecule has 1 heterocycles. The fourth-order valence-electron chi connectivity index (χ4n) is 2.85. The van der Waals surface area contributed by atoms with Crippen molar-refractivity contribution in [2.75, 3.05) is 0 Å². The first kappa shape index (κ1) is 18.3. The highest BCUT2D eigenvalue weighted by Gasteiger charge is 2.31. The van der Waals surface area contributed by atoms with Crippen molar-refractivity contribution < 1.29 is 23.4 Å². The number of aromatic nitrogens is 1. The average Bonchev–Trinajstić information content (AvgIpc) is 2.58. The van der Waals surface area contributed by atoms with Gasteiger partial charge >= 0.3 is 5.97 Å². The molecule has 1 aliphatic carbocycles. The summed E-state index contributed by atoms with van der Waals surface area (Å²) in [6, 6.07) is 9.68. The number of hydrogen-bond donors (Lipinski definition) is 1. The molecular formula is C20H21F2NO3. The number of carboxylic acid groups (broad SMARTS) is 1. The van der Waals surface area contributed by atoms with Gasteiger partial charge in [0, 0.05) is 30.2 Å². The van der Waals surface area contributed by atoms with Gasteiger partial charge in [0.15, 0.2) is 0 Å². The molecule has 4 nitrogen and oxygen atoms in total. The number of ether oxygens (including phenoxy) is 1. The molecule has 0 radical (unpaired) electrons. The van der Waals surface area contributed by atoms with Crippen LogP contribution < -0.4 is 4.74 Å². The van der Waals surface area contributed by atoms with E-state index >= 15 is 0 Å². The maximum absolute atomic E-state index is 14.2. The number of pyridine rings is 1. The zero-order valence-corrected chi connectivity index (χ0v) is 14.3. The van der Waals surface area contributed by atoms with Gasteiger partial charge in [-0.1, -0.05) is 24.3 Å². The van der Waals surface area contributed by atoms with E-state index in [9.17, 15) is 13.6 Å². The third-order valence-corrected chi connectivity index (χ3v) is 4.60. The first-order valence-corrected chi connectivity index (χ1v) is 8.78. The van der Waals surface area contributed by atoms with Crippen LogP contribution in [0.5, 0.6) is 5.88 Å². The van der Waals surface area contributed by atoms with Crippen LogP contribution in [-0.4, -0.2) is 22.2 Å². The van der Waals surface area contributed by atoms with Gasteiger partial charge in [0.05, 0.1) is 0 Å². The molecule has 0 bridgehead atoms. The second kappa shape index (κ2) is 7.81. The minimum atomic E-state index is -3.05. The number of rotatable bonds is 8. The van der Waals surface area contributed by atoms with Gasteiger partial charge in [0.25, 0.3) is 5.92 Å². The van der Waals surface area contributed by atoms with Gasteiger partial charge in [0.2, 0.25) is 5.88 Å². The van der Waals surface area contributed by atoms with Crippen molar-refractivity contribution in [2.45, 2.75) is 50.6 Å². The molecule has 1 N–H and O–H groups in total. The Labute approximate surface area is 150 Å². The van der Waals surface area contributed by atoms with Crippen LogP contribution in [0.15, 0.2) is 42.6 Å². The predicted octanol–water partition coefficient (Wildman–Crippen LogP) is 5.03. The fourth-order valence-corrected chi connectivity index (χ4v) is 2.85. The molecule has 0 amide bonds. The maximum atomic E-state index is 14.2. The summed E-state index contributed by atoms with van der Waals surface area (Å²) in [5.41, 5.74) is 1.43. The minimum Gasteiger partial charge on any atom is -0.481 e. The smallest absolute Gasteiger partial charge is 0.303 e. The third-order valence-electron chi connectivity index (χ3n) is 4.60. The first-order chi connectivity index (χ1) is 12.5. The Bertz CT molecular complexity index is 758. The molecule has 1 saturated carbocycles. The van der Waals surface area contributed by atoms with E-state index in [1.54, 1.807) is 24.4 Å². The molecule has 0 unspecified atom stereocenters. The highest BCUT2D eigenvalue weighted by molar-refractivity contribution is 5.68. The molecular weight excluding hydrogens is 340 g/mol. The van der Waals surface area contributed by atoms with Gasteiger partial charge in [0.1, 0.15) is 6.10 Å². The minimum absolute atomic E-state index is 0.0634. The summed E-state index contributed by atoms with van der Waals surface area (Å²) < 4.78 is 34.3. The van der Waals surface area contributed by atoms with Crippen LogP contribution in [0.3, 0.4) is 0 Å². The second-order valence-corrected chi connectivity index (χ2v) is 6.56. The molecule has 2 aromatic rings. The zero-order valence-electron chi connectivity index (χ0n) is 14.3. The Morgan fingerprint density at radius 3 is 2.58 bits per heavy atom. The maximum Gasteiger partial charge on any atom is 0.303 e. The van der Waals surface area contributed by atoms with Gasteiger partial charge in [-0.05, 0) is 43.4 Å². The summed E-state index contributed by atoms with van der Waals surface area (Å²) in [5.74, 6) is -3.58. The van der Waals surface area contributed by atoms with Crippen LogP contribution in [-0.2, 0) is 10.7 Å². The zero-order chi connectivity index (χ0) is 18.6. The predicted molar refractivity (Wildman–Crippen MR) is 93.3 cm³/mol. The summed E-state index contributed by atoms with van der Waals surface area (Å²) in [6.45, 7) is 0. The van der Waals surface area contributed by atoms with Gasteiger partial charge < -0.3 is 9.84 Å². The van der Waals surface area contributed by atoms with Crippen LogP contribution in [0.4, 0.5) is 8.78 Å². The Morgan fingerprint density at radius 2 is 1.96 bits per heavy atom. The van der Waals surface area contributed by atoms with Crippen LogP contribution in [0.2, 0.25) is 0 Å². The van der Waals surface area contributed by atoms with Crippen LogP contribution >= 0.6 is 0 Å². The van der Waals surface area contributed by atoms with E-state index in [2.05, 4.69) is 4.98 Å². The van der Waals surface area contributed by atoms with E-state index in [4.69, 9.17) is 9.84 Å². The molecule has 138 valence electrons. The molecule has 1 aromatic heterocycles. The summed E-state index contributed by atoms with van der Waals surface area (Å²) in [6.07, 6.45) is 4.20. The number of nitrogens with zero attached hydrogens (tertiary/aromatic N) is 1. The van der Waals surface area contributed by atoms with E-state index in [1.807, 2.05) is 6.07 Å². The number of halogens is 2. The lowest BCUT2D eigenvalue weighted by atomic mass is 9.96. The number of carboxylic acids is 1. The van der Waals surface area contributed by atoms with Crippen molar-refractivity contribution in [1.29, 1.82) is 0 Å². The molecule has 1 fully saturated rings. The molecule has 1 aliphatic rings. The van der Waals surface area contributed by atoms with Crippen LogP contribution in [0.25, 0.3) is 11.1 Å². The van der Waals surface area contributed by atoms with Crippen molar-refractivity contribution >= 4 is 5.97 Å². The molecule has 0 spiro atoms. The van der Waals surface area contributed by atoms with E-state index in [0.29, 0.717) is 5.88 Å². The van der Waals surface area contributed by atoms with Crippen molar-refractivity contribution in [3.63, 3.8) is 0 Å². The van der Waals surface area contributed by atoms with Crippen molar-refractivity contribution in [2.24, 2.45) is 0 Å². The highest BCUT2D eigenvalue weighted by atomic mass is 19.3. The van der Waals surface area contributed by atoms with Crippen molar-refractivity contribution in [3.8, 4) is 17.0 Å². The van der Waals surface area contributed by atoms with Crippen LogP contribution in [0, 0.1) is 0 Å². The molecule has 0 atom stereocenters. The number of carbonyl (C=O) groups is 1. The molecule has 26 heavy (non-hydrogen) atoms. The Hall–Kier alpha value is -2.50. The van der Waals surface area contributed by atoms with Gasteiger partial charge in [-0.2, -0.15) is 0 Å². The number of benzene rings is 1. The normalized spacial score (nSPS) is 14.7.